The van der Waals surface area contributed by atoms with Crippen LogP contribution in [0.5, 0.6) is 5.75 Å². The zero-order chi connectivity index (χ0) is 17.3. The Labute approximate surface area is 141 Å². The summed E-state index contributed by atoms with van der Waals surface area (Å²) in [6, 6.07) is 2.81. The number of halogens is 3. The zero-order valence-corrected chi connectivity index (χ0v) is 13.1. The van der Waals surface area contributed by atoms with Gasteiger partial charge in [-0.2, -0.15) is 5.10 Å². The van der Waals surface area contributed by atoms with Gasteiger partial charge in [0, 0.05) is 31.2 Å². The van der Waals surface area contributed by atoms with Crippen LogP contribution >= 0.6 is 11.6 Å². The lowest BCUT2D eigenvalue weighted by atomic mass is 10.0. The Hall–Kier alpha value is -2.19. The molecule has 0 spiro atoms. The number of H-pyrrole nitrogens is 1. The molecule has 1 aromatic carbocycles. The summed E-state index contributed by atoms with van der Waals surface area (Å²) in [7, 11) is 0. The minimum atomic E-state index is -1.00. The van der Waals surface area contributed by atoms with E-state index in [4.69, 9.17) is 16.3 Å². The van der Waals surface area contributed by atoms with E-state index in [-0.39, 0.29) is 28.9 Å². The number of aromatic amines is 1. The van der Waals surface area contributed by atoms with Gasteiger partial charge in [0.1, 0.15) is 35.3 Å². The van der Waals surface area contributed by atoms with Gasteiger partial charge in [0.2, 0.25) is 0 Å². The number of rotatable bonds is 3. The summed E-state index contributed by atoms with van der Waals surface area (Å²) in [6.45, 7) is 0.310. The van der Waals surface area contributed by atoms with Crippen LogP contribution in [-0.2, 0) is 0 Å². The fourth-order valence-corrected chi connectivity index (χ4v) is 2.75. The number of nitrogens with one attached hydrogen (secondary N) is 1. The Bertz CT molecular complexity index is 735. The average Bonchev–Trinajstić information content (AvgIpc) is 2.93. The van der Waals surface area contributed by atoms with Crippen LogP contribution in [0.2, 0.25) is 5.02 Å². The number of aliphatic hydroxyl groups is 1. The molecule has 24 heavy (non-hydrogen) atoms. The lowest BCUT2D eigenvalue weighted by molar-refractivity contribution is -0.0202. The third-order valence-corrected chi connectivity index (χ3v) is 4.02. The number of likely N-dealkylation sites (tertiary alicyclic amines) is 1. The van der Waals surface area contributed by atoms with Gasteiger partial charge in [-0.3, -0.25) is 9.89 Å². The van der Waals surface area contributed by atoms with Crippen LogP contribution < -0.4 is 4.74 Å². The number of carbonyl (C=O) groups excluding carboxylic acids is 1. The van der Waals surface area contributed by atoms with E-state index in [0.29, 0.717) is 13.0 Å². The Kier molecular flexibility index (Phi) is 4.68. The first kappa shape index (κ1) is 16.7. The molecule has 128 valence electrons. The van der Waals surface area contributed by atoms with E-state index in [2.05, 4.69) is 10.2 Å². The molecule has 0 radical (unpaired) electrons. The molecule has 9 heteroatoms. The Balaban J connectivity index is 1.65. The quantitative estimate of drug-likeness (QED) is 0.880. The summed E-state index contributed by atoms with van der Waals surface area (Å²) in [5.41, 5.74) is 0.149. The number of carbonyl (C=O) groups is 1. The molecular weight excluding hydrogens is 344 g/mol. The van der Waals surface area contributed by atoms with Gasteiger partial charge < -0.3 is 14.7 Å². The van der Waals surface area contributed by atoms with Gasteiger partial charge in [-0.05, 0) is 0 Å². The Morgan fingerprint density at radius 2 is 2.08 bits per heavy atom. The minimum Gasteiger partial charge on any atom is -0.487 e. The number of hydrogen-bond acceptors (Lipinski definition) is 4. The number of ether oxygens (including phenoxy) is 1. The number of nitrogens with zero attached hydrogens (tertiary/aromatic N) is 2. The Morgan fingerprint density at radius 3 is 2.67 bits per heavy atom. The molecule has 0 aliphatic carbocycles. The lowest BCUT2D eigenvalue weighted by Gasteiger charge is -2.35. The van der Waals surface area contributed by atoms with Crippen LogP contribution in [0.1, 0.15) is 16.9 Å². The molecule has 2 heterocycles. The van der Waals surface area contributed by atoms with Gasteiger partial charge in [0.05, 0.1) is 17.8 Å². The predicted molar refractivity (Wildman–Crippen MR) is 80.9 cm³/mol. The number of aliphatic hydroxyl groups excluding tert-OH is 1. The highest BCUT2D eigenvalue weighted by molar-refractivity contribution is 6.33. The van der Waals surface area contributed by atoms with E-state index in [0.717, 1.165) is 18.2 Å². The van der Waals surface area contributed by atoms with Gasteiger partial charge in [-0.1, -0.05) is 11.6 Å². The van der Waals surface area contributed by atoms with Crippen molar-refractivity contribution in [1.29, 1.82) is 0 Å². The highest BCUT2D eigenvalue weighted by Gasteiger charge is 2.33. The molecule has 2 N–H and O–H groups in total. The molecule has 1 amide bonds. The fourth-order valence-electron chi connectivity index (χ4n) is 2.58. The maximum Gasteiger partial charge on any atom is 0.273 e. The summed E-state index contributed by atoms with van der Waals surface area (Å²) in [5, 5.41) is 16.6. The molecule has 1 saturated heterocycles. The molecule has 2 aromatic rings. The van der Waals surface area contributed by atoms with Gasteiger partial charge in [0.15, 0.2) is 0 Å². The van der Waals surface area contributed by atoms with E-state index < -0.39 is 23.8 Å². The predicted octanol–water partition coefficient (Wildman–Crippen LogP) is 2.00. The van der Waals surface area contributed by atoms with Gasteiger partial charge in [-0.15, -0.1) is 0 Å². The van der Waals surface area contributed by atoms with Gasteiger partial charge in [-0.25, -0.2) is 8.78 Å². The smallest absolute Gasteiger partial charge is 0.273 e. The van der Waals surface area contributed by atoms with E-state index in [1.807, 2.05) is 0 Å². The molecule has 0 bridgehead atoms. The largest absolute Gasteiger partial charge is 0.487 e. The van der Waals surface area contributed by atoms with Crippen molar-refractivity contribution < 1.29 is 23.4 Å². The number of piperidine rings is 1. The van der Waals surface area contributed by atoms with Gasteiger partial charge >= 0.3 is 0 Å². The molecule has 1 aliphatic heterocycles. The minimum absolute atomic E-state index is 0.00654. The third kappa shape index (κ3) is 3.49. The number of aromatic nitrogens is 2. The molecule has 0 unspecified atom stereocenters. The second kappa shape index (κ2) is 6.74. The van der Waals surface area contributed by atoms with E-state index in [1.165, 1.54) is 11.1 Å². The van der Waals surface area contributed by atoms with Crippen LogP contribution in [0.3, 0.4) is 0 Å². The molecule has 0 saturated carbocycles. The highest BCUT2D eigenvalue weighted by Crippen LogP contribution is 2.23. The molecular formula is C15H14ClF2N3O3. The molecule has 2 atom stereocenters. The number of benzene rings is 1. The first-order valence-electron chi connectivity index (χ1n) is 7.23. The fraction of sp³-hybridized carbons (Fsp3) is 0.333. The van der Waals surface area contributed by atoms with Crippen molar-refractivity contribution in [2.75, 3.05) is 13.1 Å². The topological polar surface area (TPSA) is 78.5 Å². The van der Waals surface area contributed by atoms with Crippen molar-refractivity contribution in [1.82, 2.24) is 15.1 Å². The van der Waals surface area contributed by atoms with E-state index >= 15 is 0 Å². The number of amides is 1. The van der Waals surface area contributed by atoms with E-state index in [9.17, 15) is 18.7 Å². The molecule has 6 nitrogen and oxygen atoms in total. The standard InChI is InChI=1S/C15H14ClF2N3O3/c16-11-6-19-20-14(11)15(23)21-2-1-13(12(22)7-21)24-10-4-8(17)3-9(18)5-10/h3-6,12-13,22H,1-2,7H2,(H,19,20)/t12-,13-/m1/s1. The maximum absolute atomic E-state index is 13.2. The third-order valence-electron chi connectivity index (χ3n) is 3.74. The molecule has 3 rings (SSSR count). The Morgan fingerprint density at radius 1 is 1.38 bits per heavy atom. The summed E-state index contributed by atoms with van der Waals surface area (Å²) in [6.07, 6.45) is -0.0562. The monoisotopic (exact) mass is 357 g/mol. The van der Waals surface area contributed by atoms with Crippen molar-refractivity contribution in [2.24, 2.45) is 0 Å². The second-order valence-electron chi connectivity index (χ2n) is 5.46. The van der Waals surface area contributed by atoms with Crippen LogP contribution in [0, 0.1) is 11.6 Å². The lowest BCUT2D eigenvalue weighted by Crippen LogP contribution is -2.51. The SMILES string of the molecule is O=C(c1[nH]ncc1Cl)N1CC[C@@H](Oc2cc(F)cc(F)c2)[C@H](O)C1. The summed E-state index contributed by atoms with van der Waals surface area (Å²) >= 11 is 5.86. The molecule has 1 aliphatic rings. The first-order valence-corrected chi connectivity index (χ1v) is 7.61. The highest BCUT2D eigenvalue weighted by atomic mass is 35.5. The van der Waals surface area contributed by atoms with Crippen molar-refractivity contribution in [2.45, 2.75) is 18.6 Å². The zero-order valence-electron chi connectivity index (χ0n) is 12.4. The van der Waals surface area contributed by atoms with Crippen LogP contribution in [0.4, 0.5) is 8.78 Å². The number of β-amino-alcohol motifs (C(OH)–C–C–N with tert-alkyl or cyclic N) is 1. The summed E-state index contributed by atoms with van der Waals surface area (Å²) < 4.78 is 31.8. The normalized spacial score (nSPS) is 20.9. The van der Waals surface area contributed by atoms with E-state index in [1.54, 1.807) is 0 Å². The number of hydrogen-bond donors (Lipinski definition) is 2. The summed E-state index contributed by atoms with van der Waals surface area (Å²) in [4.78, 5) is 13.7. The van der Waals surface area contributed by atoms with Crippen molar-refractivity contribution in [3.05, 3.63) is 46.7 Å². The summed E-state index contributed by atoms with van der Waals surface area (Å²) in [5.74, 6) is -1.92. The van der Waals surface area contributed by atoms with Crippen molar-refractivity contribution in [3.63, 3.8) is 0 Å². The van der Waals surface area contributed by atoms with Gasteiger partial charge in [0.25, 0.3) is 5.91 Å². The van der Waals surface area contributed by atoms with Crippen molar-refractivity contribution in [3.8, 4) is 5.75 Å². The maximum atomic E-state index is 13.2. The van der Waals surface area contributed by atoms with Crippen molar-refractivity contribution >= 4 is 17.5 Å². The molecule has 1 aromatic heterocycles. The molecule has 1 fully saturated rings. The second-order valence-corrected chi connectivity index (χ2v) is 5.87. The average molecular weight is 358 g/mol. The van der Waals surface area contributed by atoms with Crippen LogP contribution in [0.15, 0.2) is 24.4 Å². The van der Waals surface area contributed by atoms with Crippen LogP contribution in [-0.4, -0.2) is 51.4 Å². The first-order chi connectivity index (χ1) is 11.4. The van der Waals surface area contributed by atoms with Crippen LogP contribution in [0.25, 0.3) is 0 Å².